The predicted molar refractivity (Wildman–Crippen MR) is 87.3 cm³/mol. The molecule has 0 aliphatic rings. The Kier molecular flexibility index (Phi) is 5.52. The SMILES string of the molecule is CN(C)c1cc(C(=O)NC(CO)c2ccc(Cl)c(F)c2)ccn1. The molecule has 1 aromatic carbocycles. The largest absolute Gasteiger partial charge is 0.394 e. The smallest absolute Gasteiger partial charge is 0.252 e. The van der Waals surface area contributed by atoms with Gasteiger partial charge in [0.05, 0.1) is 17.7 Å². The van der Waals surface area contributed by atoms with Crippen molar-refractivity contribution in [3.8, 4) is 0 Å². The van der Waals surface area contributed by atoms with Gasteiger partial charge >= 0.3 is 0 Å². The molecule has 0 aliphatic carbocycles. The van der Waals surface area contributed by atoms with Crippen LogP contribution in [0.25, 0.3) is 0 Å². The number of aliphatic hydroxyl groups is 1. The number of aliphatic hydroxyl groups excluding tert-OH is 1. The van der Waals surface area contributed by atoms with Gasteiger partial charge in [-0.25, -0.2) is 9.37 Å². The number of aromatic nitrogens is 1. The molecule has 7 heteroatoms. The summed E-state index contributed by atoms with van der Waals surface area (Å²) in [5, 5.41) is 12.1. The Hall–Kier alpha value is -2.18. The Balaban J connectivity index is 2.19. The molecule has 23 heavy (non-hydrogen) atoms. The van der Waals surface area contributed by atoms with E-state index < -0.39 is 11.9 Å². The van der Waals surface area contributed by atoms with Gasteiger partial charge in [-0.3, -0.25) is 4.79 Å². The average Bonchev–Trinajstić information content (AvgIpc) is 2.55. The van der Waals surface area contributed by atoms with Crippen LogP contribution in [-0.2, 0) is 0 Å². The highest BCUT2D eigenvalue weighted by Crippen LogP contribution is 2.21. The van der Waals surface area contributed by atoms with Crippen molar-refractivity contribution in [1.82, 2.24) is 10.3 Å². The zero-order valence-electron chi connectivity index (χ0n) is 12.8. The highest BCUT2D eigenvalue weighted by molar-refractivity contribution is 6.30. The minimum absolute atomic E-state index is 0.0125. The molecule has 1 unspecified atom stereocenters. The number of carbonyl (C=O) groups excluding carboxylic acids is 1. The van der Waals surface area contributed by atoms with E-state index in [1.807, 2.05) is 14.1 Å². The van der Waals surface area contributed by atoms with Gasteiger partial charge in [0.15, 0.2) is 0 Å². The van der Waals surface area contributed by atoms with Gasteiger partial charge in [-0.05, 0) is 29.8 Å². The topological polar surface area (TPSA) is 65.5 Å². The van der Waals surface area contributed by atoms with Crippen molar-refractivity contribution in [2.24, 2.45) is 0 Å². The molecule has 2 rings (SSSR count). The van der Waals surface area contributed by atoms with Gasteiger partial charge in [0.25, 0.3) is 5.91 Å². The van der Waals surface area contributed by atoms with E-state index in [9.17, 15) is 14.3 Å². The Morgan fingerprint density at radius 3 is 2.74 bits per heavy atom. The zero-order valence-corrected chi connectivity index (χ0v) is 13.5. The molecule has 1 heterocycles. The molecular weight excluding hydrogens is 321 g/mol. The quantitative estimate of drug-likeness (QED) is 0.879. The number of benzene rings is 1. The lowest BCUT2D eigenvalue weighted by molar-refractivity contribution is 0.0916. The fourth-order valence-electron chi connectivity index (χ4n) is 2.01. The minimum Gasteiger partial charge on any atom is -0.394 e. The normalized spacial score (nSPS) is 11.9. The highest BCUT2D eigenvalue weighted by atomic mass is 35.5. The molecule has 2 aromatic rings. The van der Waals surface area contributed by atoms with Crippen LogP contribution in [0.2, 0.25) is 5.02 Å². The van der Waals surface area contributed by atoms with Crippen LogP contribution in [0.15, 0.2) is 36.5 Å². The van der Waals surface area contributed by atoms with E-state index in [1.54, 1.807) is 23.1 Å². The first-order valence-electron chi connectivity index (χ1n) is 6.92. The van der Waals surface area contributed by atoms with Crippen LogP contribution in [0.3, 0.4) is 0 Å². The lowest BCUT2D eigenvalue weighted by atomic mass is 10.1. The van der Waals surface area contributed by atoms with Crippen molar-refractivity contribution in [3.05, 3.63) is 58.5 Å². The summed E-state index contributed by atoms with van der Waals surface area (Å²) in [5.41, 5.74) is 0.834. The Bertz CT molecular complexity index is 709. The third kappa shape index (κ3) is 4.18. The van der Waals surface area contributed by atoms with Crippen molar-refractivity contribution < 1.29 is 14.3 Å². The molecule has 0 fully saturated rings. The molecule has 0 saturated carbocycles. The second-order valence-electron chi connectivity index (χ2n) is 5.18. The molecule has 0 radical (unpaired) electrons. The zero-order chi connectivity index (χ0) is 17.0. The maximum Gasteiger partial charge on any atom is 0.252 e. The first-order chi connectivity index (χ1) is 10.9. The highest BCUT2D eigenvalue weighted by Gasteiger charge is 2.17. The number of pyridine rings is 1. The number of rotatable bonds is 5. The Labute approximate surface area is 138 Å². The predicted octanol–water partition coefficient (Wildman–Crippen LogP) is 2.40. The number of hydrogen-bond acceptors (Lipinski definition) is 4. The fraction of sp³-hybridized carbons (Fsp3) is 0.250. The van der Waals surface area contributed by atoms with E-state index in [1.165, 1.54) is 18.3 Å². The van der Waals surface area contributed by atoms with E-state index in [-0.39, 0.29) is 17.5 Å². The van der Waals surface area contributed by atoms with Crippen LogP contribution in [0, 0.1) is 5.82 Å². The standard InChI is InChI=1S/C16H17ClFN3O2/c1-21(2)15-8-11(5-6-19-15)16(23)20-14(9-22)10-3-4-12(17)13(18)7-10/h3-8,14,22H,9H2,1-2H3,(H,20,23). The second kappa shape index (κ2) is 7.39. The number of amides is 1. The third-order valence-corrected chi connectivity index (χ3v) is 3.61. The summed E-state index contributed by atoms with van der Waals surface area (Å²) < 4.78 is 13.5. The van der Waals surface area contributed by atoms with Gasteiger partial charge in [0, 0.05) is 25.9 Å². The number of anilines is 1. The summed E-state index contributed by atoms with van der Waals surface area (Å²) in [6.07, 6.45) is 1.53. The summed E-state index contributed by atoms with van der Waals surface area (Å²) in [4.78, 5) is 18.2. The maximum absolute atomic E-state index is 13.5. The van der Waals surface area contributed by atoms with Crippen molar-refractivity contribution in [2.75, 3.05) is 25.6 Å². The minimum atomic E-state index is -0.731. The summed E-state index contributed by atoms with van der Waals surface area (Å²) in [6, 6.07) is 6.61. The molecule has 0 bridgehead atoms. The Morgan fingerprint density at radius 1 is 1.39 bits per heavy atom. The number of nitrogens with zero attached hydrogens (tertiary/aromatic N) is 2. The summed E-state index contributed by atoms with van der Waals surface area (Å²) in [7, 11) is 3.63. The molecule has 0 spiro atoms. The van der Waals surface area contributed by atoms with Gasteiger partial charge in [-0.1, -0.05) is 17.7 Å². The summed E-state index contributed by atoms with van der Waals surface area (Å²) >= 11 is 5.64. The summed E-state index contributed by atoms with van der Waals surface area (Å²) in [6.45, 7) is -0.363. The number of hydrogen-bond donors (Lipinski definition) is 2. The van der Waals surface area contributed by atoms with E-state index >= 15 is 0 Å². The maximum atomic E-state index is 13.5. The average molecular weight is 338 g/mol. The lowest BCUT2D eigenvalue weighted by Gasteiger charge is -2.18. The number of halogens is 2. The van der Waals surface area contributed by atoms with E-state index in [4.69, 9.17) is 11.6 Å². The molecule has 1 atom stereocenters. The Morgan fingerprint density at radius 2 is 2.13 bits per heavy atom. The van der Waals surface area contributed by atoms with E-state index in [0.29, 0.717) is 16.9 Å². The van der Waals surface area contributed by atoms with Crippen molar-refractivity contribution in [2.45, 2.75) is 6.04 Å². The van der Waals surface area contributed by atoms with Gasteiger partial charge in [0.1, 0.15) is 11.6 Å². The van der Waals surface area contributed by atoms with Crippen LogP contribution < -0.4 is 10.2 Å². The van der Waals surface area contributed by atoms with Crippen LogP contribution in [0.5, 0.6) is 0 Å². The number of nitrogens with one attached hydrogen (secondary N) is 1. The first-order valence-corrected chi connectivity index (χ1v) is 7.30. The lowest BCUT2D eigenvalue weighted by Crippen LogP contribution is -2.31. The van der Waals surface area contributed by atoms with Gasteiger partial charge in [-0.15, -0.1) is 0 Å². The fourth-order valence-corrected chi connectivity index (χ4v) is 2.13. The molecule has 0 saturated heterocycles. The van der Waals surface area contributed by atoms with Gasteiger partial charge in [-0.2, -0.15) is 0 Å². The van der Waals surface area contributed by atoms with E-state index in [0.717, 1.165) is 0 Å². The van der Waals surface area contributed by atoms with Crippen molar-refractivity contribution in [1.29, 1.82) is 0 Å². The van der Waals surface area contributed by atoms with Gasteiger partial charge in [0.2, 0.25) is 0 Å². The van der Waals surface area contributed by atoms with Crippen molar-refractivity contribution >= 4 is 23.3 Å². The molecule has 2 N–H and O–H groups in total. The molecule has 1 amide bonds. The molecule has 0 aliphatic heterocycles. The van der Waals surface area contributed by atoms with Crippen molar-refractivity contribution in [3.63, 3.8) is 0 Å². The first kappa shape index (κ1) is 17.2. The molecule has 1 aromatic heterocycles. The monoisotopic (exact) mass is 337 g/mol. The number of carbonyl (C=O) groups is 1. The molecule has 122 valence electrons. The molecular formula is C16H17ClFN3O2. The summed E-state index contributed by atoms with van der Waals surface area (Å²) in [5.74, 6) is -0.351. The molecule has 5 nitrogen and oxygen atoms in total. The van der Waals surface area contributed by atoms with E-state index in [2.05, 4.69) is 10.3 Å². The van der Waals surface area contributed by atoms with Crippen LogP contribution in [0.1, 0.15) is 22.0 Å². The second-order valence-corrected chi connectivity index (χ2v) is 5.59. The third-order valence-electron chi connectivity index (χ3n) is 3.30. The van der Waals surface area contributed by atoms with Crippen LogP contribution in [0.4, 0.5) is 10.2 Å². The van der Waals surface area contributed by atoms with Crippen LogP contribution >= 0.6 is 11.6 Å². The van der Waals surface area contributed by atoms with Gasteiger partial charge < -0.3 is 15.3 Å². The van der Waals surface area contributed by atoms with Crippen LogP contribution in [-0.4, -0.2) is 36.7 Å².